The van der Waals surface area contributed by atoms with Gasteiger partial charge in [0.1, 0.15) is 17.6 Å². The van der Waals surface area contributed by atoms with Crippen LogP contribution in [-0.4, -0.2) is 7.11 Å². The van der Waals surface area contributed by atoms with Crippen molar-refractivity contribution < 1.29 is 9.15 Å². The van der Waals surface area contributed by atoms with Gasteiger partial charge in [-0.1, -0.05) is 6.07 Å². The predicted molar refractivity (Wildman–Crippen MR) is 68.5 cm³/mol. The first kappa shape index (κ1) is 12.1. The Hall–Kier alpha value is -2.41. The highest BCUT2D eigenvalue weighted by Gasteiger charge is 2.09. The lowest BCUT2D eigenvalue weighted by Crippen LogP contribution is -2.03. The first-order valence-electron chi connectivity index (χ1n) is 5.60. The fourth-order valence-electron chi connectivity index (χ4n) is 1.73. The number of furan rings is 1. The molecule has 0 spiro atoms. The Morgan fingerprint density at radius 3 is 2.83 bits per heavy atom. The maximum absolute atomic E-state index is 9.08. The van der Waals surface area contributed by atoms with E-state index in [4.69, 9.17) is 14.4 Å². The second-order valence-electron chi connectivity index (χ2n) is 3.87. The van der Waals surface area contributed by atoms with Crippen LogP contribution in [0.3, 0.4) is 0 Å². The molecule has 0 radical (unpaired) electrons. The summed E-state index contributed by atoms with van der Waals surface area (Å²) >= 11 is 0. The van der Waals surface area contributed by atoms with Gasteiger partial charge in [0, 0.05) is 0 Å². The van der Waals surface area contributed by atoms with Gasteiger partial charge in [-0.3, -0.25) is 0 Å². The third kappa shape index (κ3) is 2.30. The molecule has 92 valence electrons. The van der Waals surface area contributed by atoms with Crippen LogP contribution in [0, 0.1) is 18.3 Å². The fourth-order valence-corrected chi connectivity index (χ4v) is 1.73. The van der Waals surface area contributed by atoms with E-state index in [-0.39, 0.29) is 0 Å². The zero-order valence-corrected chi connectivity index (χ0v) is 10.4. The van der Waals surface area contributed by atoms with Crippen molar-refractivity contribution in [2.24, 2.45) is 0 Å². The quantitative estimate of drug-likeness (QED) is 0.895. The first-order valence-corrected chi connectivity index (χ1v) is 5.60. The summed E-state index contributed by atoms with van der Waals surface area (Å²) in [5.41, 5.74) is 2.33. The van der Waals surface area contributed by atoms with Gasteiger partial charge in [0.25, 0.3) is 0 Å². The summed E-state index contributed by atoms with van der Waals surface area (Å²) in [5.74, 6) is 1.50. The van der Waals surface area contributed by atoms with Crippen LogP contribution in [0.4, 0.5) is 5.69 Å². The van der Waals surface area contributed by atoms with Gasteiger partial charge in [-0.2, -0.15) is 5.26 Å². The Bertz CT molecular complexity index is 582. The first-order chi connectivity index (χ1) is 8.76. The Morgan fingerprint density at radius 1 is 1.39 bits per heavy atom. The Kier molecular flexibility index (Phi) is 3.54. The third-order valence-electron chi connectivity index (χ3n) is 2.76. The van der Waals surface area contributed by atoms with Gasteiger partial charge in [-0.25, -0.2) is 0 Å². The Balaban J connectivity index is 2.23. The number of rotatable bonds is 4. The molecule has 1 aromatic carbocycles. The molecule has 4 heteroatoms. The number of benzene rings is 1. The highest BCUT2D eigenvalue weighted by molar-refractivity contribution is 5.66. The lowest BCUT2D eigenvalue weighted by atomic mass is 10.1. The lowest BCUT2D eigenvalue weighted by molar-refractivity contribution is 0.416. The summed E-state index contributed by atoms with van der Waals surface area (Å²) in [6.07, 6.45) is 1.65. The molecule has 4 nitrogen and oxygen atoms in total. The zero-order valence-electron chi connectivity index (χ0n) is 10.4. The molecule has 0 aliphatic rings. The molecule has 2 rings (SSSR count). The van der Waals surface area contributed by atoms with Crippen LogP contribution in [0.5, 0.6) is 5.75 Å². The zero-order chi connectivity index (χ0) is 13.0. The number of ether oxygens (including phenoxy) is 1. The number of nitriles is 1. The average molecular weight is 242 g/mol. The van der Waals surface area contributed by atoms with Crippen LogP contribution in [0.2, 0.25) is 0 Å². The molecule has 0 amide bonds. The van der Waals surface area contributed by atoms with E-state index in [1.54, 1.807) is 25.5 Å². The van der Waals surface area contributed by atoms with Crippen LogP contribution in [0.1, 0.15) is 16.9 Å². The number of hydrogen-bond acceptors (Lipinski definition) is 4. The minimum absolute atomic E-state index is 0.522. The van der Waals surface area contributed by atoms with E-state index in [1.165, 1.54) is 0 Å². The van der Waals surface area contributed by atoms with Gasteiger partial charge in [0.15, 0.2) is 0 Å². The smallest absolute Gasteiger partial charge is 0.143 e. The van der Waals surface area contributed by atoms with Crippen LogP contribution in [0.25, 0.3) is 0 Å². The Labute approximate surface area is 106 Å². The molecular formula is C14H14N2O2. The van der Waals surface area contributed by atoms with Crippen molar-refractivity contribution in [2.45, 2.75) is 13.5 Å². The summed E-state index contributed by atoms with van der Waals surface area (Å²) in [5, 5.41) is 12.3. The van der Waals surface area contributed by atoms with Crippen molar-refractivity contribution in [3.8, 4) is 11.8 Å². The van der Waals surface area contributed by atoms with Crippen LogP contribution < -0.4 is 10.1 Å². The molecule has 2 aromatic rings. The number of aryl methyl sites for hydroxylation is 1. The van der Waals surface area contributed by atoms with Gasteiger partial charge in [-0.15, -0.1) is 0 Å². The highest BCUT2D eigenvalue weighted by atomic mass is 16.5. The number of methoxy groups -OCH3 is 1. The lowest BCUT2D eigenvalue weighted by Gasteiger charge is -2.11. The van der Waals surface area contributed by atoms with E-state index in [0.29, 0.717) is 23.5 Å². The molecule has 0 bridgehead atoms. The minimum atomic E-state index is 0.522. The molecule has 0 unspecified atom stereocenters. The molecule has 0 atom stereocenters. The number of hydrogen-bond donors (Lipinski definition) is 1. The summed E-state index contributed by atoms with van der Waals surface area (Å²) in [6.45, 7) is 2.50. The predicted octanol–water partition coefficient (Wildman–Crippen LogP) is 3.08. The van der Waals surface area contributed by atoms with Gasteiger partial charge >= 0.3 is 0 Å². The fraction of sp³-hybridized carbons (Fsp3) is 0.214. The number of nitrogens with zero attached hydrogens (tertiary/aromatic N) is 1. The maximum Gasteiger partial charge on any atom is 0.143 e. The van der Waals surface area contributed by atoms with Crippen LogP contribution in [-0.2, 0) is 6.54 Å². The van der Waals surface area contributed by atoms with Gasteiger partial charge < -0.3 is 14.5 Å². The summed E-state index contributed by atoms with van der Waals surface area (Å²) < 4.78 is 10.6. The van der Waals surface area contributed by atoms with Gasteiger partial charge in [0.2, 0.25) is 0 Å². The largest absolute Gasteiger partial charge is 0.495 e. The molecule has 1 aromatic heterocycles. The second kappa shape index (κ2) is 5.28. The summed E-state index contributed by atoms with van der Waals surface area (Å²) in [4.78, 5) is 0. The van der Waals surface area contributed by atoms with Gasteiger partial charge in [-0.05, 0) is 30.7 Å². The number of para-hydroxylation sites is 1. The second-order valence-corrected chi connectivity index (χ2v) is 3.87. The summed E-state index contributed by atoms with van der Waals surface area (Å²) in [7, 11) is 1.58. The average Bonchev–Trinajstić information content (AvgIpc) is 2.81. The van der Waals surface area contributed by atoms with Crippen molar-refractivity contribution in [3.05, 3.63) is 47.4 Å². The van der Waals surface area contributed by atoms with E-state index >= 15 is 0 Å². The molecule has 1 heterocycles. The molecule has 18 heavy (non-hydrogen) atoms. The van der Waals surface area contributed by atoms with E-state index in [2.05, 4.69) is 11.4 Å². The van der Waals surface area contributed by atoms with Crippen molar-refractivity contribution in [3.63, 3.8) is 0 Å². The molecule has 1 N–H and O–H groups in total. The normalized spacial score (nSPS) is 9.83. The molecular weight excluding hydrogens is 228 g/mol. The van der Waals surface area contributed by atoms with E-state index in [9.17, 15) is 0 Å². The molecule has 0 saturated carbocycles. The molecule has 0 aliphatic carbocycles. The van der Waals surface area contributed by atoms with Crippen molar-refractivity contribution in [2.75, 3.05) is 12.4 Å². The van der Waals surface area contributed by atoms with Crippen molar-refractivity contribution >= 4 is 5.69 Å². The van der Waals surface area contributed by atoms with E-state index < -0.39 is 0 Å². The van der Waals surface area contributed by atoms with Crippen molar-refractivity contribution in [1.82, 2.24) is 0 Å². The van der Waals surface area contributed by atoms with Crippen LogP contribution >= 0.6 is 0 Å². The monoisotopic (exact) mass is 242 g/mol. The molecule has 0 aliphatic heterocycles. The SMILES string of the molecule is COc1cccc(C#N)c1NCc1occc1C. The summed E-state index contributed by atoms with van der Waals surface area (Å²) in [6, 6.07) is 9.41. The topological polar surface area (TPSA) is 58.2 Å². The Morgan fingerprint density at radius 2 is 2.22 bits per heavy atom. The standard InChI is InChI=1S/C14H14N2O2/c1-10-6-7-18-13(10)9-16-14-11(8-15)4-3-5-12(14)17-2/h3-7,16H,9H2,1-2H3. The van der Waals surface area contributed by atoms with E-state index in [0.717, 1.165) is 11.3 Å². The van der Waals surface area contributed by atoms with Crippen LogP contribution in [0.15, 0.2) is 34.9 Å². The third-order valence-corrected chi connectivity index (χ3v) is 2.76. The van der Waals surface area contributed by atoms with E-state index in [1.807, 2.05) is 19.1 Å². The van der Waals surface area contributed by atoms with Crippen molar-refractivity contribution in [1.29, 1.82) is 5.26 Å². The van der Waals surface area contributed by atoms with Gasteiger partial charge in [0.05, 0.1) is 31.2 Å². The minimum Gasteiger partial charge on any atom is -0.495 e. The number of nitrogens with one attached hydrogen (secondary N) is 1. The maximum atomic E-state index is 9.08. The molecule has 0 fully saturated rings. The highest BCUT2D eigenvalue weighted by Crippen LogP contribution is 2.28. The molecule has 0 saturated heterocycles. The number of anilines is 1.